The zero-order valence-corrected chi connectivity index (χ0v) is 10.3. The summed E-state index contributed by atoms with van der Waals surface area (Å²) in [7, 11) is 0. The van der Waals surface area contributed by atoms with E-state index in [4.69, 9.17) is 0 Å². The van der Waals surface area contributed by atoms with Crippen LogP contribution < -0.4 is 10.2 Å². The zero-order valence-electron chi connectivity index (χ0n) is 10.3. The van der Waals surface area contributed by atoms with E-state index >= 15 is 0 Å². The highest BCUT2D eigenvalue weighted by atomic mass is 16.2. The number of rotatable bonds is 5. The monoisotopic (exact) mass is 234 g/mol. The molecule has 0 aliphatic heterocycles. The summed E-state index contributed by atoms with van der Waals surface area (Å²) >= 11 is 0. The van der Waals surface area contributed by atoms with Gasteiger partial charge in [0, 0.05) is 18.8 Å². The largest absolute Gasteiger partial charge is 0.356 e. The van der Waals surface area contributed by atoms with Crippen LogP contribution in [-0.4, -0.2) is 24.9 Å². The third kappa shape index (κ3) is 3.90. The van der Waals surface area contributed by atoms with Gasteiger partial charge in [-0.2, -0.15) is 0 Å². The average Bonchev–Trinajstić information content (AvgIpc) is 2.31. The number of nitrogens with zero attached hydrogens (tertiary/aromatic N) is 1. The van der Waals surface area contributed by atoms with Gasteiger partial charge >= 0.3 is 0 Å². The van der Waals surface area contributed by atoms with E-state index in [1.165, 1.54) is 0 Å². The van der Waals surface area contributed by atoms with Gasteiger partial charge < -0.3 is 10.2 Å². The molecular formula is C13H18N2O2. The molecule has 0 radical (unpaired) electrons. The average molecular weight is 234 g/mol. The summed E-state index contributed by atoms with van der Waals surface area (Å²) in [6.07, 6.45) is -0.101. The number of para-hydroxylation sites is 1. The smallest absolute Gasteiger partial charge is 0.236 e. The molecule has 0 aliphatic carbocycles. The molecule has 0 heterocycles. The van der Waals surface area contributed by atoms with E-state index < -0.39 is 0 Å². The highest BCUT2D eigenvalue weighted by Gasteiger charge is 2.16. The molecule has 0 atom stereocenters. The van der Waals surface area contributed by atoms with Crippen molar-refractivity contribution in [3.05, 3.63) is 30.3 Å². The van der Waals surface area contributed by atoms with Crippen molar-refractivity contribution >= 4 is 17.5 Å². The topological polar surface area (TPSA) is 49.4 Å². The van der Waals surface area contributed by atoms with Gasteiger partial charge in [-0.25, -0.2) is 0 Å². The van der Waals surface area contributed by atoms with E-state index in [1.807, 2.05) is 44.2 Å². The predicted molar refractivity (Wildman–Crippen MR) is 67.8 cm³/mol. The highest BCUT2D eigenvalue weighted by molar-refractivity contribution is 6.04. The summed E-state index contributed by atoms with van der Waals surface area (Å²) in [5, 5.41) is 2.62. The molecule has 4 heteroatoms. The fraction of sp³-hybridized carbons (Fsp3) is 0.385. The number of nitrogens with one attached hydrogen (secondary N) is 1. The molecule has 17 heavy (non-hydrogen) atoms. The van der Waals surface area contributed by atoms with Crippen LogP contribution in [0, 0.1) is 0 Å². The predicted octanol–water partition coefficient (Wildman–Crippen LogP) is 1.57. The number of carbonyl (C=O) groups excluding carboxylic acids is 2. The van der Waals surface area contributed by atoms with E-state index in [9.17, 15) is 9.59 Å². The molecule has 0 unspecified atom stereocenters. The lowest BCUT2D eigenvalue weighted by atomic mass is 10.2. The lowest BCUT2D eigenvalue weighted by Crippen LogP contribution is -2.35. The Morgan fingerprint density at radius 2 is 1.82 bits per heavy atom. The fourth-order valence-corrected chi connectivity index (χ4v) is 1.60. The van der Waals surface area contributed by atoms with E-state index in [0.717, 1.165) is 5.69 Å². The number of carbonyl (C=O) groups is 2. The van der Waals surface area contributed by atoms with Crippen molar-refractivity contribution in [2.24, 2.45) is 0 Å². The van der Waals surface area contributed by atoms with Crippen molar-refractivity contribution in [3.63, 3.8) is 0 Å². The molecule has 0 bridgehead atoms. The van der Waals surface area contributed by atoms with E-state index in [2.05, 4.69) is 5.32 Å². The zero-order chi connectivity index (χ0) is 12.7. The molecular weight excluding hydrogens is 216 g/mol. The maximum absolute atomic E-state index is 11.9. The maximum Gasteiger partial charge on any atom is 0.236 e. The summed E-state index contributed by atoms with van der Waals surface area (Å²) in [6.45, 7) is 4.83. The van der Waals surface area contributed by atoms with Crippen LogP contribution in [0.5, 0.6) is 0 Å². The second kappa shape index (κ2) is 6.68. The molecule has 4 nitrogen and oxygen atoms in total. The first-order valence-electron chi connectivity index (χ1n) is 5.81. The Morgan fingerprint density at radius 3 is 2.35 bits per heavy atom. The van der Waals surface area contributed by atoms with Crippen LogP contribution in [0.3, 0.4) is 0 Å². The van der Waals surface area contributed by atoms with Crippen molar-refractivity contribution in [1.29, 1.82) is 0 Å². The third-order valence-corrected chi connectivity index (χ3v) is 2.37. The van der Waals surface area contributed by atoms with Gasteiger partial charge in [-0.15, -0.1) is 0 Å². The quantitative estimate of drug-likeness (QED) is 0.786. The summed E-state index contributed by atoms with van der Waals surface area (Å²) in [4.78, 5) is 24.9. The van der Waals surface area contributed by atoms with Gasteiger partial charge in [0.1, 0.15) is 6.42 Å². The first-order chi connectivity index (χ1) is 8.19. The highest BCUT2D eigenvalue weighted by Crippen LogP contribution is 2.13. The molecule has 0 saturated carbocycles. The van der Waals surface area contributed by atoms with Crippen molar-refractivity contribution in [2.45, 2.75) is 20.3 Å². The minimum Gasteiger partial charge on any atom is -0.356 e. The Kier molecular flexibility index (Phi) is 5.20. The van der Waals surface area contributed by atoms with Gasteiger partial charge in [-0.1, -0.05) is 18.2 Å². The maximum atomic E-state index is 11.9. The van der Waals surface area contributed by atoms with Crippen LogP contribution in [0.25, 0.3) is 0 Å². The van der Waals surface area contributed by atoms with Crippen LogP contribution in [0.4, 0.5) is 5.69 Å². The second-order valence-corrected chi connectivity index (χ2v) is 3.60. The van der Waals surface area contributed by atoms with Gasteiger partial charge in [0.2, 0.25) is 11.8 Å². The summed E-state index contributed by atoms with van der Waals surface area (Å²) < 4.78 is 0. The standard InChI is InChI=1S/C13H18N2O2/c1-3-14-12(16)10-13(17)15(4-2)11-8-6-5-7-9-11/h5-9H,3-4,10H2,1-2H3,(H,14,16). The van der Waals surface area contributed by atoms with Gasteiger partial charge in [-0.3, -0.25) is 9.59 Å². The Balaban J connectivity index is 2.68. The van der Waals surface area contributed by atoms with Crippen LogP contribution in [-0.2, 0) is 9.59 Å². The number of hydrogen-bond donors (Lipinski definition) is 1. The van der Waals surface area contributed by atoms with Crippen LogP contribution in [0.15, 0.2) is 30.3 Å². The number of benzene rings is 1. The SMILES string of the molecule is CCNC(=O)CC(=O)N(CC)c1ccccc1. The number of hydrogen-bond acceptors (Lipinski definition) is 2. The molecule has 1 aromatic rings. The molecule has 1 aromatic carbocycles. The third-order valence-electron chi connectivity index (χ3n) is 2.37. The molecule has 0 fully saturated rings. The fourth-order valence-electron chi connectivity index (χ4n) is 1.60. The molecule has 0 aliphatic rings. The molecule has 1 rings (SSSR count). The summed E-state index contributed by atoms with van der Waals surface area (Å²) in [6, 6.07) is 9.36. The first kappa shape index (κ1) is 13.2. The minimum absolute atomic E-state index is 0.101. The Bertz CT molecular complexity index is 376. The molecule has 0 saturated heterocycles. The number of anilines is 1. The Labute approximate surface area is 102 Å². The van der Waals surface area contributed by atoms with Crippen molar-refractivity contribution in [3.8, 4) is 0 Å². The molecule has 2 amide bonds. The number of amides is 2. The van der Waals surface area contributed by atoms with Crippen molar-refractivity contribution in [2.75, 3.05) is 18.0 Å². The normalized spacial score (nSPS) is 9.76. The first-order valence-corrected chi connectivity index (χ1v) is 5.81. The lowest BCUT2D eigenvalue weighted by molar-refractivity contribution is -0.127. The van der Waals surface area contributed by atoms with Gasteiger partial charge in [0.25, 0.3) is 0 Å². The van der Waals surface area contributed by atoms with Crippen molar-refractivity contribution in [1.82, 2.24) is 5.32 Å². The van der Waals surface area contributed by atoms with E-state index in [0.29, 0.717) is 13.1 Å². The summed E-state index contributed by atoms with van der Waals surface area (Å²) in [5.41, 5.74) is 0.823. The minimum atomic E-state index is -0.230. The van der Waals surface area contributed by atoms with Gasteiger partial charge in [0.05, 0.1) is 0 Å². The van der Waals surface area contributed by atoms with Crippen LogP contribution in [0.2, 0.25) is 0 Å². The van der Waals surface area contributed by atoms with Crippen molar-refractivity contribution < 1.29 is 9.59 Å². The molecule has 0 aromatic heterocycles. The summed E-state index contributed by atoms with van der Waals surface area (Å²) in [5.74, 6) is -0.406. The van der Waals surface area contributed by atoms with E-state index in [-0.39, 0.29) is 18.2 Å². The Hall–Kier alpha value is -1.84. The molecule has 92 valence electrons. The van der Waals surface area contributed by atoms with Gasteiger partial charge in [0.15, 0.2) is 0 Å². The molecule has 1 N–H and O–H groups in total. The Morgan fingerprint density at radius 1 is 1.18 bits per heavy atom. The second-order valence-electron chi connectivity index (χ2n) is 3.60. The van der Waals surface area contributed by atoms with E-state index in [1.54, 1.807) is 4.90 Å². The van der Waals surface area contributed by atoms with Gasteiger partial charge in [-0.05, 0) is 26.0 Å². The lowest BCUT2D eigenvalue weighted by Gasteiger charge is -2.20. The molecule has 0 spiro atoms. The van der Waals surface area contributed by atoms with Crippen LogP contribution >= 0.6 is 0 Å². The van der Waals surface area contributed by atoms with Crippen LogP contribution in [0.1, 0.15) is 20.3 Å².